The summed E-state index contributed by atoms with van der Waals surface area (Å²) in [6, 6.07) is 5.24. The molecule has 0 radical (unpaired) electrons. The van der Waals surface area contributed by atoms with Crippen LogP contribution in [0.5, 0.6) is 5.75 Å². The van der Waals surface area contributed by atoms with Gasteiger partial charge in [0.2, 0.25) is 0 Å². The van der Waals surface area contributed by atoms with Crippen molar-refractivity contribution in [2.24, 2.45) is 7.05 Å². The number of anilines is 1. The van der Waals surface area contributed by atoms with Gasteiger partial charge in [-0.25, -0.2) is 9.37 Å². The third kappa shape index (κ3) is 3.14. The molecule has 1 aliphatic carbocycles. The average Bonchev–Trinajstić information content (AvgIpc) is 3.54. The monoisotopic (exact) mass is 436 g/mol. The molecule has 2 aliphatic heterocycles. The van der Waals surface area contributed by atoms with Crippen molar-refractivity contribution in [2.75, 3.05) is 4.90 Å². The van der Waals surface area contributed by atoms with Crippen LogP contribution in [0.1, 0.15) is 32.1 Å². The van der Waals surface area contributed by atoms with Crippen LogP contribution < -0.4 is 15.8 Å². The van der Waals surface area contributed by atoms with Crippen molar-refractivity contribution in [2.45, 2.75) is 62.4 Å². The minimum atomic E-state index is -0.948. The number of benzene rings is 1. The van der Waals surface area contributed by atoms with E-state index in [0.717, 1.165) is 32.1 Å². The SMILES string of the molecule is Cn1ccc2cc(O)c(-c3ncc(N(C4CC4)[C@H]4CC5CCC(N5)[C@H]4F)nn3)cc2c1=O. The molecule has 3 aliphatic rings. The number of halogens is 1. The van der Waals surface area contributed by atoms with Gasteiger partial charge in [-0.1, -0.05) is 0 Å². The number of hydrogen-bond acceptors (Lipinski definition) is 7. The molecule has 166 valence electrons. The first-order chi connectivity index (χ1) is 15.5. The zero-order valence-electron chi connectivity index (χ0n) is 17.8. The molecule has 2 saturated heterocycles. The number of hydrogen-bond donors (Lipinski definition) is 2. The summed E-state index contributed by atoms with van der Waals surface area (Å²) in [7, 11) is 1.68. The third-order valence-electron chi connectivity index (χ3n) is 7.10. The molecule has 32 heavy (non-hydrogen) atoms. The minimum absolute atomic E-state index is 0.0156. The van der Waals surface area contributed by atoms with Crippen LogP contribution in [0, 0.1) is 0 Å². The predicted octanol–water partition coefficient (Wildman–Crippen LogP) is 2.30. The van der Waals surface area contributed by atoms with Gasteiger partial charge in [-0.3, -0.25) is 4.79 Å². The van der Waals surface area contributed by atoms with Crippen molar-refractivity contribution in [3.63, 3.8) is 0 Å². The largest absolute Gasteiger partial charge is 0.507 e. The Morgan fingerprint density at radius 2 is 2.06 bits per heavy atom. The molecule has 2 N–H and O–H groups in total. The number of nitrogens with zero attached hydrogens (tertiary/aromatic N) is 5. The van der Waals surface area contributed by atoms with Crippen LogP contribution in [-0.4, -0.2) is 55.2 Å². The van der Waals surface area contributed by atoms with Gasteiger partial charge in [0, 0.05) is 36.8 Å². The Morgan fingerprint density at radius 1 is 1.22 bits per heavy atom. The van der Waals surface area contributed by atoms with Crippen molar-refractivity contribution in [3.05, 3.63) is 40.9 Å². The molecule has 3 aromatic rings. The Bertz CT molecular complexity index is 1240. The molecule has 2 bridgehead atoms. The van der Waals surface area contributed by atoms with Gasteiger partial charge in [0.15, 0.2) is 11.6 Å². The quantitative estimate of drug-likeness (QED) is 0.648. The summed E-state index contributed by atoms with van der Waals surface area (Å²) in [5, 5.41) is 23.7. The molecule has 3 fully saturated rings. The normalized spacial score (nSPS) is 27.1. The van der Waals surface area contributed by atoms with E-state index >= 15 is 4.39 Å². The minimum Gasteiger partial charge on any atom is -0.507 e. The molecule has 0 spiro atoms. The Morgan fingerprint density at radius 3 is 2.81 bits per heavy atom. The zero-order chi connectivity index (χ0) is 22.0. The molecule has 6 rings (SSSR count). The van der Waals surface area contributed by atoms with E-state index in [9.17, 15) is 9.90 Å². The lowest BCUT2D eigenvalue weighted by molar-refractivity contribution is 0.171. The highest BCUT2D eigenvalue weighted by Crippen LogP contribution is 2.40. The number of alkyl halides is 1. The third-order valence-corrected chi connectivity index (χ3v) is 7.10. The number of aromatic hydroxyl groups is 1. The number of rotatable bonds is 4. The second kappa shape index (κ2) is 7.23. The van der Waals surface area contributed by atoms with Gasteiger partial charge in [-0.05, 0) is 55.7 Å². The smallest absolute Gasteiger partial charge is 0.258 e. The van der Waals surface area contributed by atoms with Crippen LogP contribution in [0.4, 0.5) is 10.2 Å². The maximum atomic E-state index is 15.2. The summed E-state index contributed by atoms with van der Waals surface area (Å²) >= 11 is 0. The van der Waals surface area contributed by atoms with Gasteiger partial charge in [-0.2, -0.15) is 0 Å². The molecule has 2 aromatic heterocycles. The Hall–Kier alpha value is -3.07. The first-order valence-corrected chi connectivity index (χ1v) is 11.2. The summed E-state index contributed by atoms with van der Waals surface area (Å²) in [6.07, 6.45) is 7.02. The van der Waals surface area contributed by atoms with Crippen LogP contribution in [-0.2, 0) is 7.05 Å². The number of pyridine rings is 1. The molecule has 8 nitrogen and oxygen atoms in total. The molecule has 4 heterocycles. The highest BCUT2D eigenvalue weighted by atomic mass is 19.1. The lowest BCUT2D eigenvalue weighted by atomic mass is 9.96. The number of aryl methyl sites for hydroxylation is 1. The fourth-order valence-electron chi connectivity index (χ4n) is 5.29. The van der Waals surface area contributed by atoms with Gasteiger partial charge in [0.25, 0.3) is 5.56 Å². The second-order valence-corrected chi connectivity index (χ2v) is 9.26. The Balaban J connectivity index is 1.35. The van der Waals surface area contributed by atoms with Crippen LogP contribution in [0.15, 0.2) is 35.4 Å². The highest BCUT2D eigenvalue weighted by Gasteiger charge is 2.48. The summed E-state index contributed by atoms with van der Waals surface area (Å²) in [6.45, 7) is 0. The number of fused-ring (bicyclic) bond motifs is 3. The van der Waals surface area contributed by atoms with Crippen molar-refractivity contribution in [1.82, 2.24) is 25.1 Å². The maximum Gasteiger partial charge on any atom is 0.258 e. The summed E-state index contributed by atoms with van der Waals surface area (Å²) in [5.41, 5.74) is 0.184. The number of piperidine rings is 1. The molecule has 0 amide bonds. The van der Waals surface area contributed by atoms with E-state index in [1.165, 1.54) is 4.57 Å². The van der Waals surface area contributed by atoms with Gasteiger partial charge in [0.1, 0.15) is 11.9 Å². The van der Waals surface area contributed by atoms with Crippen molar-refractivity contribution < 1.29 is 9.50 Å². The predicted molar refractivity (Wildman–Crippen MR) is 118 cm³/mol. The van der Waals surface area contributed by atoms with Crippen molar-refractivity contribution in [3.8, 4) is 17.1 Å². The van der Waals surface area contributed by atoms with E-state index in [1.807, 2.05) is 0 Å². The number of nitrogens with one attached hydrogen (secondary N) is 1. The van der Waals surface area contributed by atoms with Crippen LogP contribution in [0.3, 0.4) is 0 Å². The van der Waals surface area contributed by atoms with E-state index in [0.29, 0.717) is 28.2 Å². The number of phenolic OH excluding ortho intramolecular Hbond substituents is 1. The first-order valence-electron chi connectivity index (χ1n) is 11.2. The molecular formula is C23H25FN6O2. The van der Waals surface area contributed by atoms with E-state index in [1.54, 1.807) is 37.6 Å². The van der Waals surface area contributed by atoms with Gasteiger partial charge in [0.05, 0.1) is 17.8 Å². The Kier molecular flexibility index (Phi) is 4.43. The summed E-state index contributed by atoms with van der Waals surface area (Å²) in [4.78, 5) is 19.0. The topological polar surface area (TPSA) is 96.2 Å². The average molecular weight is 436 g/mol. The molecule has 1 saturated carbocycles. The lowest BCUT2D eigenvalue weighted by Gasteiger charge is -2.40. The van der Waals surface area contributed by atoms with Crippen LogP contribution in [0.25, 0.3) is 22.2 Å². The molecule has 2 unspecified atom stereocenters. The molecule has 1 aromatic carbocycles. The maximum absolute atomic E-state index is 15.2. The Labute approximate surface area is 184 Å². The van der Waals surface area contributed by atoms with E-state index in [-0.39, 0.29) is 35.3 Å². The number of phenols is 1. The molecule has 4 atom stereocenters. The van der Waals surface area contributed by atoms with Gasteiger partial charge in [-0.15, -0.1) is 10.2 Å². The van der Waals surface area contributed by atoms with Gasteiger partial charge < -0.3 is 19.9 Å². The molecule has 9 heteroatoms. The fraction of sp³-hybridized carbons (Fsp3) is 0.478. The lowest BCUT2D eigenvalue weighted by Crippen LogP contribution is -2.57. The van der Waals surface area contributed by atoms with Crippen LogP contribution >= 0.6 is 0 Å². The second-order valence-electron chi connectivity index (χ2n) is 9.26. The first kappa shape index (κ1) is 19.6. The van der Waals surface area contributed by atoms with E-state index in [4.69, 9.17) is 0 Å². The van der Waals surface area contributed by atoms with E-state index in [2.05, 4.69) is 25.4 Å². The van der Waals surface area contributed by atoms with E-state index < -0.39 is 6.17 Å². The van der Waals surface area contributed by atoms with Crippen molar-refractivity contribution in [1.29, 1.82) is 0 Å². The number of aromatic nitrogens is 4. The zero-order valence-corrected chi connectivity index (χ0v) is 17.8. The van der Waals surface area contributed by atoms with Crippen LogP contribution in [0.2, 0.25) is 0 Å². The highest BCUT2D eigenvalue weighted by molar-refractivity contribution is 5.88. The van der Waals surface area contributed by atoms with Crippen molar-refractivity contribution >= 4 is 16.6 Å². The fourth-order valence-corrected chi connectivity index (χ4v) is 5.29. The summed E-state index contributed by atoms with van der Waals surface area (Å²) in [5.74, 6) is 0.788. The molecular weight excluding hydrogens is 411 g/mol. The summed E-state index contributed by atoms with van der Waals surface area (Å²) < 4.78 is 16.7. The van der Waals surface area contributed by atoms with Gasteiger partial charge >= 0.3 is 0 Å². The standard InChI is InChI=1S/C23H25FN6O2/c1-29-7-6-12-8-19(31)16(10-15(12)23(29)32)22-25-11-20(27-28-22)30(14-3-4-14)18-9-13-2-5-17(26-13)21(18)24/h6-8,10-11,13-14,17-18,21,26,31H,2-5,9H2,1H3/t13?,17?,18-,21+/m0/s1.